The van der Waals surface area contributed by atoms with E-state index in [-0.39, 0.29) is 12.5 Å². The molecule has 3 aliphatic rings. The summed E-state index contributed by atoms with van der Waals surface area (Å²) in [5.41, 5.74) is 1.84. The number of benzene rings is 1. The molecule has 6 unspecified atom stereocenters. The van der Waals surface area contributed by atoms with Gasteiger partial charge >= 0.3 is 23.8 Å². The first-order chi connectivity index (χ1) is 13.6. The van der Waals surface area contributed by atoms with Crippen LogP contribution in [0, 0.1) is 34.2 Å². The number of alkyl halides is 2. The minimum absolute atomic E-state index is 0.0348. The van der Waals surface area contributed by atoms with Gasteiger partial charge in [0.05, 0.1) is 11.8 Å². The molecule has 1 heterocycles. The van der Waals surface area contributed by atoms with Crippen LogP contribution < -0.4 is 0 Å². The van der Waals surface area contributed by atoms with Crippen LogP contribution >= 0.6 is 22.6 Å². The Morgan fingerprint density at radius 2 is 2.00 bits per heavy atom. The first-order valence-corrected chi connectivity index (χ1v) is 10.4. The van der Waals surface area contributed by atoms with Gasteiger partial charge in [0, 0.05) is 22.3 Å². The van der Waals surface area contributed by atoms with Crippen molar-refractivity contribution in [3.8, 4) is 0 Å². The summed E-state index contributed by atoms with van der Waals surface area (Å²) in [7, 11) is 0. The van der Waals surface area contributed by atoms with Crippen LogP contribution in [-0.2, 0) is 35.2 Å². The number of carbonyl (C=O) groups is 3. The van der Waals surface area contributed by atoms with Crippen LogP contribution in [0.1, 0.15) is 24.5 Å². The zero-order valence-electron chi connectivity index (χ0n) is 15.7. The van der Waals surface area contributed by atoms with E-state index in [1.165, 1.54) is 0 Å². The van der Waals surface area contributed by atoms with E-state index in [4.69, 9.17) is 14.2 Å². The summed E-state index contributed by atoms with van der Waals surface area (Å²) in [4.78, 5) is 36.8. The number of esters is 3. The molecule has 0 N–H and O–H groups in total. The van der Waals surface area contributed by atoms with Crippen molar-refractivity contribution in [2.75, 3.05) is 0 Å². The van der Waals surface area contributed by atoms with Crippen LogP contribution in [0.4, 0.5) is 8.78 Å². The minimum atomic E-state index is -3.66. The monoisotopic (exact) mass is 520 g/mol. The fraction of sp³-hybridized carbons (Fsp3) is 0.550. The molecule has 0 spiro atoms. The molecule has 29 heavy (non-hydrogen) atoms. The molecule has 9 heteroatoms. The maximum atomic E-state index is 13.3. The van der Waals surface area contributed by atoms with Crippen LogP contribution in [-0.4, -0.2) is 36.0 Å². The average Bonchev–Trinajstić information content (AvgIpc) is 3.21. The van der Waals surface area contributed by atoms with Gasteiger partial charge in [-0.3, -0.25) is 9.59 Å². The van der Waals surface area contributed by atoms with Gasteiger partial charge in [-0.05, 0) is 59.2 Å². The predicted molar refractivity (Wildman–Crippen MR) is 103 cm³/mol. The first-order valence-electron chi connectivity index (χ1n) is 9.28. The van der Waals surface area contributed by atoms with Crippen LogP contribution in [0.5, 0.6) is 0 Å². The quantitative estimate of drug-likeness (QED) is 0.338. The zero-order chi connectivity index (χ0) is 21.1. The number of aryl methyl sites for hydroxylation is 1. The molecule has 6 nitrogen and oxygen atoms in total. The summed E-state index contributed by atoms with van der Waals surface area (Å²) in [6.45, 7) is 2.41. The Hall–Kier alpha value is -1.78. The lowest BCUT2D eigenvalue weighted by Gasteiger charge is -2.30. The van der Waals surface area contributed by atoms with Gasteiger partial charge < -0.3 is 14.2 Å². The molecule has 1 aromatic rings. The first kappa shape index (κ1) is 20.5. The minimum Gasteiger partial charge on any atom is -0.461 e. The maximum Gasteiger partial charge on any atom is 0.377 e. The van der Waals surface area contributed by atoms with E-state index >= 15 is 0 Å². The molecule has 156 valence electrons. The van der Waals surface area contributed by atoms with Crippen LogP contribution in [0.25, 0.3) is 0 Å². The highest BCUT2D eigenvalue weighted by Gasteiger charge is 2.70. The SMILES string of the molecule is Cc1cc(I)cc(COC(=O)C2C3CC4C(OC(=O)C42)C3OC(=O)C(C)(F)F)c1. The van der Waals surface area contributed by atoms with Gasteiger partial charge in [0.2, 0.25) is 0 Å². The largest absolute Gasteiger partial charge is 0.461 e. The summed E-state index contributed by atoms with van der Waals surface area (Å²) in [6, 6.07) is 5.76. The van der Waals surface area contributed by atoms with Gasteiger partial charge in [0.15, 0.2) is 0 Å². The smallest absolute Gasteiger partial charge is 0.377 e. The van der Waals surface area contributed by atoms with Crippen LogP contribution in [0.3, 0.4) is 0 Å². The summed E-state index contributed by atoms with van der Waals surface area (Å²) in [6.07, 6.45) is -1.43. The lowest BCUT2D eigenvalue weighted by Crippen LogP contribution is -2.45. The molecule has 2 bridgehead atoms. The Kier molecular flexibility index (Phi) is 5.07. The van der Waals surface area contributed by atoms with E-state index in [1.807, 2.05) is 25.1 Å². The van der Waals surface area contributed by atoms with E-state index in [9.17, 15) is 23.2 Å². The standard InChI is InChI=1S/C20H19F2IO6/c1-8-3-9(5-10(23)4-8)7-27-17(24)13-11-6-12-14(13)18(25)28-15(12)16(11)29-19(26)20(2,21)22/h3-5,11-16H,6-7H2,1-2H3. The molecule has 0 amide bonds. The molecule has 4 rings (SSSR count). The van der Waals surface area contributed by atoms with Gasteiger partial charge in [0.25, 0.3) is 0 Å². The number of ether oxygens (including phenoxy) is 3. The Morgan fingerprint density at radius 3 is 2.66 bits per heavy atom. The number of rotatable bonds is 5. The van der Waals surface area contributed by atoms with Crippen molar-refractivity contribution in [1.82, 2.24) is 0 Å². The summed E-state index contributed by atoms with van der Waals surface area (Å²) in [5.74, 6) is -8.94. The molecule has 6 atom stereocenters. The normalized spacial score (nSPS) is 32.2. The average molecular weight is 520 g/mol. The third-order valence-corrected chi connectivity index (χ3v) is 6.53. The second-order valence-corrected chi connectivity index (χ2v) is 9.26. The van der Waals surface area contributed by atoms with Gasteiger partial charge in [0.1, 0.15) is 18.8 Å². The van der Waals surface area contributed by atoms with Crippen LogP contribution in [0.15, 0.2) is 18.2 Å². The molecular formula is C20H19F2IO6. The van der Waals surface area contributed by atoms with E-state index in [2.05, 4.69) is 22.6 Å². The molecule has 1 saturated heterocycles. The fourth-order valence-electron chi connectivity index (χ4n) is 4.84. The zero-order valence-corrected chi connectivity index (χ0v) is 17.9. The number of hydrogen-bond acceptors (Lipinski definition) is 6. The van der Waals surface area contributed by atoms with E-state index < -0.39 is 53.8 Å². The highest BCUT2D eigenvalue weighted by molar-refractivity contribution is 14.1. The second kappa shape index (κ2) is 7.17. The molecule has 3 fully saturated rings. The van der Waals surface area contributed by atoms with E-state index in [0.29, 0.717) is 13.3 Å². The molecule has 2 saturated carbocycles. The number of hydrogen-bond donors (Lipinski definition) is 0. The third kappa shape index (κ3) is 3.62. The maximum absolute atomic E-state index is 13.3. The van der Waals surface area contributed by atoms with Gasteiger partial charge in [-0.1, -0.05) is 6.07 Å². The highest BCUT2D eigenvalue weighted by Crippen LogP contribution is 2.59. The van der Waals surface area contributed by atoms with E-state index in [1.54, 1.807) is 0 Å². The van der Waals surface area contributed by atoms with E-state index in [0.717, 1.165) is 14.7 Å². The molecule has 2 aliphatic carbocycles. The molecule has 1 aromatic carbocycles. The van der Waals surface area contributed by atoms with Crippen molar-refractivity contribution >= 4 is 40.5 Å². The number of fused-ring (bicyclic) bond motifs is 1. The second-order valence-electron chi connectivity index (χ2n) is 8.02. The van der Waals surface area contributed by atoms with Crippen molar-refractivity contribution in [1.29, 1.82) is 0 Å². The topological polar surface area (TPSA) is 78.9 Å². The van der Waals surface area contributed by atoms with Gasteiger partial charge in [-0.15, -0.1) is 0 Å². The molecule has 0 aromatic heterocycles. The third-order valence-electron chi connectivity index (χ3n) is 5.90. The summed E-state index contributed by atoms with van der Waals surface area (Å²) >= 11 is 2.17. The molecule has 1 aliphatic heterocycles. The number of carbonyl (C=O) groups excluding carboxylic acids is 3. The van der Waals surface area contributed by atoms with Crippen LogP contribution in [0.2, 0.25) is 0 Å². The Bertz CT molecular complexity index is 862. The van der Waals surface area contributed by atoms with Crippen molar-refractivity contribution in [3.63, 3.8) is 0 Å². The summed E-state index contributed by atoms with van der Waals surface area (Å²) < 4.78 is 43.3. The summed E-state index contributed by atoms with van der Waals surface area (Å²) in [5, 5.41) is 0. The molecular weight excluding hydrogens is 501 g/mol. The lowest BCUT2D eigenvalue weighted by molar-refractivity contribution is -0.186. The Morgan fingerprint density at radius 1 is 1.28 bits per heavy atom. The van der Waals surface area contributed by atoms with Gasteiger partial charge in [-0.2, -0.15) is 8.78 Å². The Labute approximate surface area is 179 Å². The highest BCUT2D eigenvalue weighted by atomic mass is 127. The van der Waals surface area contributed by atoms with Crippen molar-refractivity contribution < 1.29 is 37.4 Å². The predicted octanol–water partition coefficient (Wildman–Crippen LogP) is 3.02. The fourth-order valence-corrected chi connectivity index (χ4v) is 5.73. The van der Waals surface area contributed by atoms with Crippen molar-refractivity contribution in [3.05, 3.63) is 32.9 Å². The van der Waals surface area contributed by atoms with Crippen molar-refractivity contribution in [2.24, 2.45) is 23.7 Å². The van der Waals surface area contributed by atoms with Gasteiger partial charge in [-0.25, -0.2) is 4.79 Å². The number of halogens is 3. The molecule has 0 radical (unpaired) electrons. The van der Waals surface area contributed by atoms with Crippen molar-refractivity contribution in [2.45, 2.75) is 45.0 Å². The lowest BCUT2D eigenvalue weighted by atomic mass is 9.78. The Balaban J connectivity index is 1.50.